The van der Waals surface area contributed by atoms with E-state index in [1.54, 1.807) is 6.26 Å². The molecule has 0 saturated carbocycles. The Morgan fingerprint density at radius 1 is 1.28 bits per heavy atom. The average Bonchev–Trinajstić information content (AvgIpc) is 3.14. The number of aliphatic imine (C=N–C) groups is 1. The number of piperazine rings is 1. The number of aromatic nitrogens is 2. The summed E-state index contributed by atoms with van der Waals surface area (Å²) in [6, 6.07) is 5.96. The summed E-state index contributed by atoms with van der Waals surface area (Å²) in [7, 11) is 0. The molecular weight excluding hydrogens is 316 g/mol. The summed E-state index contributed by atoms with van der Waals surface area (Å²) in [5.74, 6) is 0.966. The Bertz CT molecular complexity index is 677. The number of aryl methyl sites for hydroxylation is 1. The summed E-state index contributed by atoms with van der Waals surface area (Å²) in [5, 5.41) is 7.40. The van der Waals surface area contributed by atoms with Crippen molar-refractivity contribution >= 4 is 5.96 Å². The molecule has 134 valence electrons. The Labute approximate surface area is 148 Å². The second-order valence-corrected chi connectivity index (χ2v) is 6.19. The van der Waals surface area contributed by atoms with E-state index in [1.165, 1.54) is 5.56 Å². The van der Waals surface area contributed by atoms with Gasteiger partial charge in [0.2, 0.25) is 0 Å². The zero-order chi connectivity index (χ0) is 17.5. The van der Waals surface area contributed by atoms with E-state index in [4.69, 9.17) is 9.52 Å². The number of hydrogen-bond donors (Lipinski definition) is 1. The fourth-order valence-corrected chi connectivity index (χ4v) is 2.93. The first-order valence-electron chi connectivity index (χ1n) is 8.81. The van der Waals surface area contributed by atoms with Gasteiger partial charge in [-0.05, 0) is 25.5 Å². The molecule has 1 aliphatic heterocycles. The minimum atomic E-state index is 0.605. The van der Waals surface area contributed by atoms with Crippen LogP contribution in [0.5, 0.6) is 0 Å². The number of guanidine groups is 1. The van der Waals surface area contributed by atoms with E-state index >= 15 is 0 Å². The first kappa shape index (κ1) is 17.4. The first-order valence-corrected chi connectivity index (χ1v) is 8.81. The number of nitrogens with zero attached hydrogens (tertiary/aromatic N) is 5. The van der Waals surface area contributed by atoms with Crippen LogP contribution in [-0.2, 0) is 13.1 Å². The molecule has 0 spiro atoms. The van der Waals surface area contributed by atoms with Crippen molar-refractivity contribution in [3.05, 3.63) is 47.6 Å². The molecule has 25 heavy (non-hydrogen) atoms. The van der Waals surface area contributed by atoms with Crippen LogP contribution < -0.4 is 5.32 Å². The maximum absolute atomic E-state index is 4.91. The van der Waals surface area contributed by atoms with Gasteiger partial charge in [-0.3, -0.25) is 9.88 Å². The molecule has 7 nitrogen and oxygen atoms in total. The third-order valence-electron chi connectivity index (χ3n) is 4.38. The fourth-order valence-electron chi connectivity index (χ4n) is 2.93. The van der Waals surface area contributed by atoms with Crippen LogP contribution in [0.3, 0.4) is 0 Å². The molecule has 0 aliphatic carbocycles. The standard InChI is InChI=1S/C18H26N6O/c1-3-19-18(21-13-17-15(2)5-4-7-20-17)24-10-8-23(9-11-24)14-16-6-12-25-22-16/h4-7,12H,3,8-11,13-14H2,1-2H3,(H,19,21). The molecule has 7 heteroatoms. The first-order chi connectivity index (χ1) is 12.3. The molecule has 2 aromatic heterocycles. The highest BCUT2D eigenvalue weighted by molar-refractivity contribution is 5.80. The Balaban J connectivity index is 1.58. The van der Waals surface area contributed by atoms with Crippen LogP contribution >= 0.6 is 0 Å². The Hall–Kier alpha value is -2.41. The van der Waals surface area contributed by atoms with Crippen LogP contribution in [0, 0.1) is 6.92 Å². The lowest BCUT2D eigenvalue weighted by Gasteiger charge is -2.36. The predicted molar refractivity (Wildman–Crippen MR) is 97.1 cm³/mol. The highest BCUT2D eigenvalue weighted by Crippen LogP contribution is 2.09. The van der Waals surface area contributed by atoms with E-state index in [0.29, 0.717) is 6.54 Å². The molecule has 0 unspecified atom stereocenters. The van der Waals surface area contributed by atoms with E-state index in [2.05, 4.69) is 45.2 Å². The minimum Gasteiger partial charge on any atom is -0.364 e. The van der Waals surface area contributed by atoms with Crippen LogP contribution in [0.25, 0.3) is 0 Å². The molecular formula is C18H26N6O. The molecule has 0 amide bonds. The third kappa shape index (κ3) is 4.79. The Kier molecular flexibility index (Phi) is 6.00. The van der Waals surface area contributed by atoms with E-state index in [-0.39, 0.29) is 0 Å². The molecule has 3 rings (SSSR count). The molecule has 3 heterocycles. The lowest BCUT2D eigenvalue weighted by molar-refractivity contribution is 0.169. The molecule has 0 radical (unpaired) electrons. The second-order valence-electron chi connectivity index (χ2n) is 6.19. The van der Waals surface area contributed by atoms with E-state index in [1.807, 2.05) is 18.3 Å². The molecule has 0 bridgehead atoms. The van der Waals surface area contributed by atoms with Crippen molar-refractivity contribution in [3.63, 3.8) is 0 Å². The van der Waals surface area contributed by atoms with Gasteiger partial charge in [-0.2, -0.15) is 0 Å². The van der Waals surface area contributed by atoms with Crippen molar-refractivity contribution < 1.29 is 4.52 Å². The molecule has 1 N–H and O–H groups in total. The molecule has 1 aliphatic rings. The van der Waals surface area contributed by atoms with Gasteiger partial charge in [0.25, 0.3) is 0 Å². The topological polar surface area (TPSA) is 69.8 Å². The normalized spacial score (nSPS) is 16.2. The quantitative estimate of drug-likeness (QED) is 0.658. The van der Waals surface area contributed by atoms with Crippen LogP contribution in [0.1, 0.15) is 23.9 Å². The van der Waals surface area contributed by atoms with Crippen molar-refractivity contribution in [2.45, 2.75) is 26.9 Å². The van der Waals surface area contributed by atoms with Crippen LogP contribution in [0.15, 0.2) is 40.2 Å². The van der Waals surface area contributed by atoms with Gasteiger partial charge in [-0.1, -0.05) is 11.2 Å². The Morgan fingerprint density at radius 3 is 2.80 bits per heavy atom. The van der Waals surface area contributed by atoms with Gasteiger partial charge < -0.3 is 14.7 Å². The van der Waals surface area contributed by atoms with Crippen molar-refractivity contribution in [1.29, 1.82) is 0 Å². The van der Waals surface area contributed by atoms with Gasteiger partial charge in [-0.25, -0.2) is 4.99 Å². The van der Waals surface area contributed by atoms with Crippen LogP contribution in [0.4, 0.5) is 0 Å². The number of nitrogens with one attached hydrogen (secondary N) is 1. The monoisotopic (exact) mass is 342 g/mol. The molecule has 1 saturated heterocycles. The summed E-state index contributed by atoms with van der Waals surface area (Å²) in [6.07, 6.45) is 3.45. The van der Waals surface area contributed by atoms with Gasteiger partial charge >= 0.3 is 0 Å². The molecule has 1 fully saturated rings. The van der Waals surface area contributed by atoms with Crippen molar-refractivity contribution in [2.75, 3.05) is 32.7 Å². The van der Waals surface area contributed by atoms with Crippen molar-refractivity contribution in [2.24, 2.45) is 4.99 Å². The van der Waals surface area contributed by atoms with Gasteiger partial charge in [0.15, 0.2) is 5.96 Å². The van der Waals surface area contributed by atoms with E-state index in [0.717, 1.165) is 56.6 Å². The number of rotatable bonds is 5. The second kappa shape index (κ2) is 8.62. The maximum atomic E-state index is 4.91. The van der Waals surface area contributed by atoms with Crippen molar-refractivity contribution in [1.82, 2.24) is 25.3 Å². The molecule has 0 aromatic carbocycles. The van der Waals surface area contributed by atoms with Crippen LogP contribution in [0.2, 0.25) is 0 Å². The minimum absolute atomic E-state index is 0.605. The molecule has 2 aromatic rings. The summed E-state index contributed by atoms with van der Waals surface area (Å²) in [6.45, 7) is 10.4. The number of pyridine rings is 1. The van der Waals surface area contributed by atoms with Gasteiger partial charge in [-0.15, -0.1) is 0 Å². The predicted octanol–water partition coefficient (Wildman–Crippen LogP) is 1.66. The van der Waals surface area contributed by atoms with E-state index < -0.39 is 0 Å². The SMILES string of the molecule is CCNC(=NCc1ncccc1C)N1CCN(Cc2ccon2)CC1. The van der Waals surface area contributed by atoms with Crippen LogP contribution in [-0.4, -0.2) is 58.6 Å². The Morgan fingerprint density at radius 2 is 2.12 bits per heavy atom. The van der Waals surface area contributed by atoms with Gasteiger partial charge in [0.05, 0.1) is 17.9 Å². The van der Waals surface area contributed by atoms with Gasteiger partial charge in [0.1, 0.15) is 6.26 Å². The zero-order valence-electron chi connectivity index (χ0n) is 15.0. The summed E-state index contributed by atoms with van der Waals surface area (Å²) in [4.78, 5) is 13.9. The number of hydrogen-bond acceptors (Lipinski definition) is 5. The lowest BCUT2D eigenvalue weighted by Crippen LogP contribution is -2.52. The lowest BCUT2D eigenvalue weighted by atomic mass is 10.2. The highest BCUT2D eigenvalue weighted by atomic mass is 16.5. The fraction of sp³-hybridized carbons (Fsp3) is 0.500. The summed E-state index contributed by atoms with van der Waals surface area (Å²) in [5.41, 5.74) is 3.20. The largest absolute Gasteiger partial charge is 0.364 e. The highest BCUT2D eigenvalue weighted by Gasteiger charge is 2.20. The average molecular weight is 342 g/mol. The van der Waals surface area contributed by atoms with E-state index in [9.17, 15) is 0 Å². The summed E-state index contributed by atoms with van der Waals surface area (Å²) < 4.78 is 4.91. The summed E-state index contributed by atoms with van der Waals surface area (Å²) >= 11 is 0. The smallest absolute Gasteiger partial charge is 0.194 e. The maximum Gasteiger partial charge on any atom is 0.194 e. The zero-order valence-corrected chi connectivity index (χ0v) is 15.0. The van der Waals surface area contributed by atoms with Gasteiger partial charge in [0, 0.05) is 51.5 Å². The molecule has 0 atom stereocenters. The third-order valence-corrected chi connectivity index (χ3v) is 4.38. The van der Waals surface area contributed by atoms with Crippen molar-refractivity contribution in [3.8, 4) is 0 Å².